The zero-order valence-corrected chi connectivity index (χ0v) is 12.7. The summed E-state index contributed by atoms with van der Waals surface area (Å²) in [5, 5.41) is 3.18. The number of rotatable bonds is 5. The first kappa shape index (κ1) is 15.8. The number of benzene rings is 1. The van der Waals surface area contributed by atoms with Gasteiger partial charge in [-0.2, -0.15) is 0 Å². The van der Waals surface area contributed by atoms with Gasteiger partial charge >= 0.3 is 5.97 Å². The first-order chi connectivity index (χ1) is 10.1. The first-order valence-corrected chi connectivity index (χ1v) is 7.72. The van der Waals surface area contributed by atoms with E-state index in [4.69, 9.17) is 16.3 Å². The maximum atomic E-state index is 11.7. The van der Waals surface area contributed by atoms with Crippen LogP contribution in [0.2, 0.25) is 5.02 Å². The van der Waals surface area contributed by atoms with Crippen LogP contribution in [0.3, 0.4) is 0 Å². The van der Waals surface area contributed by atoms with Crippen LogP contribution in [0, 0.1) is 5.92 Å². The molecule has 0 aromatic heterocycles. The summed E-state index contributed by atoms with van der Waals surface area (Å²) in [5.74, 6) is -0.223. The Bertz CT molecular complexity index is 498. The van der Waals surface area contributed by atoms with Crippen LogP contribution in [0.1, 0.15) is 38.5 Å². The summed E-state index contributed by atoms with van der Waals surface area (Å²) in [6.07, 6.45) is 6.23. The van der Waals surface area contributed by atoms with E-state index in [1.54, 1.807) is 24.3 Å². The summed E-state index contributed by atoms with van der Waals surface area (Å²) < 4.78 is 5.03. The van der Waals surface area contributed by atoms with E-state index in [9.17, 15) is 9.59 Å². The van der Waals surface area contributed by atoms with Gasteiger partial charge in [0.05, 0.1) is 0 Å². The first-order valence-electron chi connectivity index (χ1n) is 7.34. The maximum Gasteiger partial charge on any atom is 0.306 e. The highest BCUT2D eigenvalue weighted by Crippen LogP contribution is 2.26. The molecule has 1 N–H and O–H groups in total. The molecule has 1 amide bonds. The molecule has 1 aromatic rings. The maximum absolute atomic E-state index is 11.7. The summed E-state index contributed by atoms with van der Waals surface area (Å²) >= 11 is 5.83. The van der Waals surface area contributed by atoms with Gasteiger partial charge in [-0.25, -0.2) is 0 Å². The van der Waals surface area contributed by atoms with Crippen molar-refractivity contribution >= 4 is 29.2 Å². The van der Waals surface area contributed by atoms with Gasteiger partial charge in [0.15, 0.2) is 6.61 Å². The number of ether oxygens (including phenoxy) is 1. The lowest BCUT2D eigenvalue weighted by Crippen LogP contribution is -2.22. The number of halogens is 1. The van der Waals surface area contributed by atoms with Crippen molar-refractivity contribution in [2.45, 2.75) is 38.5 Å². The van der Waals surface area contributed by atoms with Crippen LogP contribution in [0.25, 0.3) is 0 Å². The average Bonchev–Trinajstić information content (AvgIpc) is 2.46. The molecule has 1 fully saturated rings. The number of anilines is 1. The standard InChI is InChI=1S/C16H20ClNO3/c17-13-7-4-8-14(10-13)18-15(19)11-21-16(20)9-12-5-2-1-3-6-12/h4,7-8,10,12H,1-3,5-6,9,11H2,(H,18,19). The van der Waals surface area contributed by atoms with E-state index < -0.39 is 0 Å². The highest BCUT2D eigenvalue weighted by molar-refractivity contribution is 6.30. The lowest BCUT2D eigenvalue weighted by molar-refractivity contribution is -0.148. The highest BCUT2D eigenvalue weighted by Gasteiger charge is 2.18. The molecule has 21 heavy (non-hydrogen) atoms. The lowest BCUT2D eigenvalue weighted by Gasteiger charge is -2.20. The zero-order valence-electron chi connectivity index (χ0n) is 11.9. The van der Waals surface area contributed by atoms with Crippen molar-refractivity contribution in [1.29, 1.82) is 0 Å². The molecule has 1 saturated carbocycles. The van der Waals surface area contributed by atoms with Crippen LogP contribution in [0.15, 0.2) is 24.3 Å². The fourth-order valence-electron chi connectivity index (χ4n) is 2.60. The molecular weight excluding hydrogens is 290 g/mol. The Morgan fingerprint density at radius 1 is 1.24 bits per heavy atom. The number of esters is 1. The van der Waals surface area contributed by atoms with Gasteiger partial charge < -0.3 is 10.1 Å². The van der Waals surface area contributed by atoms with Gasteiger partial charge in [-0.3, -0.25) is 9.59 Å². The van der Waals surface area contributed by atoms with Crippen molar-refractivity contribution in [3.63, 3.8) is 0 Å². The fourth-order valence-corrected chi connectivity index (χ4v) is 2.79. The summed E-state index contributed by atoms with van der Waals surface area (Å²) in [6, 6.07) is 6.84. The molecule has 0 aliphatic heterocycles. The van der Waals surface area contributed by atoms with Gasteiger partial charge in [-0.1, -0.05) is 36.9 Å². The van der Waals surface area contributed by atoms with Crippen LogP contribution in [-0.4, -0.2) is 18.5 Å². The molecule has 0 unspecified atom stereocenters. The predicted octanol–water partition coefficient (Wildman–Crippen LogP) is 3.79. The Morgan fingerprint density at radius 3 is 2.71 bits per heavy atom. The Kier molecular flexibility index (Phi) is 6.05. The molecule has 4 nitrogen and oxygen atoms in total. The second kappa shape index (κ2) is 8.03. The van der Waals surface area contributed by atoms with Gasteiger partial charge in [0, 0.05) is 17.1 Å². The van der Waals surface area contributed by atoms with Crippen LogP contribution < -0.4 is 5.32 Å². The molecule has 0 heterocycles. The van der Waals surface area contributed by atoms with Crippen LogP contribution in [0.5, 0.6) is 0 Å². The van der Waals surface area contributed by atoms with Crippen molar-refractivity contribution in [2.75, 3.05) is 11.9 Å². The monoisotopic (exact) mass is 309 g/mol. The molecule has 2 rings (SSSR count). The van der Waals surface area contributed by atoms with E-state index in [-0.39, 0.29) is 18.5 Å². The van der Waals surface area contributed by atoms with Crippen molar-refractivity contribution in [3.8, 4) is 0 Å². The van der Waals surface area contributed by atoms with Crippen molar-refractivity contribution in [3.05, 3.63) is 29.3 Å². The Balaban J connectivity index is 1.69. The molecular formula is C16H20ClNO3. The zero-order chi connectivity index (χ0) is 15.1. The summed E-state index contributed by atoms with van der Waals surface area (Å²) in [4.78, 5) is 23.4. The number of hydrogen-bond donors (Lipinski definition) is 1. The smallest absolute Gasteiger partial charge is 0.306 e. The molecule has 0 radical (unpaired) electrons. The van der Waals surface area contributed by atoms with E-state index in [0.717, 1.165) is 12.8 Å². The third-order valence-electron chi connectivity index (χ3n) is 3.65. The van der Waals surface area contributed by atoms with Gasteiger partial charge in [-0.05, 0) is 37.0 Å². The number of hydrogen-bond acceptors (Lipinski definition) is 3. The summed E-state index contributed by atoms with van der Waals surface area (Å²) in [6.45, 7) is -0.252. The van der Waals surface area contributed by atoms with Crippen molar-refractivity contribution in [1.82, 2.24) is 0 Å². The van der Waals surface area contributed by atoms with Gasteiger partial charge in [-0.15, -0.1) is 0 Å². The van der Waals surface area contributed by atoms with E-state index in [1.165, 1.54) is 19.3 Å². The van der Waals surface area contributed by atoms with Crippen LogP contribution in [-0.2, 0) is 14.3 Å². The Hall–Kier alpha value is -1.55. The third kappa shape index (κ3) is 5.76. The normalized spacial score (nSPS) is 15.5. The van der Waals surface area contributed by atoms with Gasteiger partial charge in [0.2, 0.25) is 0 Å². The SMILES string of the molecule is O=C(COC(=O)CC1CCCCC1)Nc1cccc(Cl)c1. The number of carbonyl (C=O) groups excluding carboxylic acids is 2. The van der Waals surface area contributed by atoms with Gasteiger partial charge in [0.1, 0.15) is 0 Å². The second-order valence-electron chi connectivity index (χ2n) is 5.43. The minimum Gasteiger partial charge on any atom is -0.456 e. The molecule has 1 aliphatic carbocycles. The summed E-state index contributed by atoms with van der Waals surface area (Å²) in [7, 11) is 0. The molecule has 5 heteroatoms. The topological polar surface area (TPSA) is 55.4 Å². The van der Waals surface area contributed by atoms with E-state index in [0.29, 0.717) is 23.0 Å². The lowest BCUT2D eigenvalue weighted by atomic mass is 9.87. The highest BCUT2D eigenvalue weighted by atomic mass is 35.5. The number of amides is 1. The fraction of sp³-hybridized carbons (Fsp3) is 0.500. The second-order valence-corrected chi connectivity index (χ2v) is 5.86. The molecule has 0 atom stereocenters. The van der Waals surface area contributed by atoms with Crippen LogP contribution in [0.4, 0.5) is 5.69 Å². The van der Waals surface area contributed by atoms with E-state index in [1.807, 2.05) is 0 Å². The Morgan fingerprint density at radius 2 is 2.00 bits per heavy atom. The van der Waals surface area contributed by atoms with Crippen molar-refractivity contribution < 1.29 is 14.3 Å². The molecule has 0 saturated heterocycles. The molecule has 1 aliphatic rings. The van der Waals surface area contributed by atoms with Crippen LogP contribution >= 0.6 is 11.6 Å². The molecule has 0 spiro atoms. The largest absolute Gasteiger partial charge is 0.456 e. The van der Waals surface area contributed by atoms with Gasteiger partial charge in [0.25, 0.3) is 5.91 Å². The van der Waals surface area contributed by atoms with E-state index in [2.05, 4.69) is 5.32 Å². The predicted molar refractivity (Wildman–Crippen MR) is 82.2 cm³/mol. The molecule has 0 bridgehead atoms. The minimum absolute atomic E-state index is 0.252. The third-order valence-corrected chi connectivity index (χ3v) is 3.89. The Labute approximate surface area is 129 Å². The summed E-state index contributed by atoms with van der Waals surface area (Å²) in [5.41, 5.74) is 0.593. The minimum atomic E-state index is -0.353. The van der Waals surface area contributed by atoms with Crippen molar-refractivity contribution in [2.24, 2.45) is 5.92 Å². The average molecular weight is 310 g/mol. The molecule has 1 aromatic carbocycles. The molecule has 114 valence electrons. The quantitative estimate of drug-likeness (QED) is 0.842. The number of nitrogens with one attached hydrogen (secondary N) is 1. The number of carbonyl (C=O) groups is 2. The van der Waals surface area contributed by atoms with E-state index >= 15 is 0 Å².